The van der Waals surface area contributed by atoms with Crippen LogP contribution in [0.15, 0.2) is 11.0 Å². The molecule has 96 valence electrons. The van der Waals surface area contributed by atoms with Crippen LogP contribution in [-0.4, -0.2) is 20.3 Å². The summed E-state index contributed by atoms with van der Waals surface area (Å²) in [5.74, 6) is 0.431. The van der Waals surface area contributed by atoms with Crippen molar-refractivity contribution in [1.82, 2.24) is 4.72 Å². The maximum absolute atomic E-state index is 11.9. The van der Waals surface area contributed by atoms with Crippen LogP contribution in [0.5, 0.6) is 0 Å². The standard InChI is InChI=1S/C9H10Cl3NO2S2/c10-6(5-1-2-5)4-13-17(14,15)7-3-8(11)16-9(7)12/h3,5-6,13H,1-2,4H2. The molecule has 1 heterocycles. The molecule has 0 bridgehead atoms. The Hall–Kier alpha value is 0.480. The van der Waals surface area contributed by atoms with Crippen LogP contribution in [0.3, 0.4) is 0 Å². The van der Waals surface area contributed by atoms with Crippen LogP contribution in [0.25, 0.3) is 0 Å². The van der Waals surface area contributed by atoms with Gasteiger partial charge in [0.15, 0.2) is 0 Å². The number of thiophene rings is 1. The molecule has 1 aromatic heterocycles. The van der Waals surface area contributed by atoms with Gasteiger partial charge in [-0.05, 0) is 24.8 Å². The van der Waals surface area contributed by atoms with Crippen molar-refractivity contribution in [2.45, 2.75) is 23.1 Å². The molecule has 1 N–H and O–H groups in total. The minimum Gasteiger partial charge on any atom is -0.210 e. The molecule has 1 fully saturated rings. The third-order valence-corrected chi connectivity index (χ3v) is 6.20. The normalized spacial score (nSPS) is 18.3. The summed E-state index contributed by atoms with van der Waals surface area (Å²) in [6, 6.07) is 1.34. The van der Waals surface area contributed by atoms with E-state index in [1.807, 2.05) is 0 Å². The Balaban J connectivity index is 2.05. The molecule has 2 rings (SSSR count). The lowest BCUT2D eigenvalue weighted by molar-refractivity contribution is 0.576. The first-order valence-corrected chi connectivity index (χ1v) is 8.48. The van der Waals surface area contributed by atoms with E-state index in [1.165, 1.54) is 6.07 Å². The monoisotopic (exact) mass is 333 g/mol. The quantitative estimate of drug-likeness (QED) is 0.839. The highest BCUT2D eigenvalue weighted by Gasteiger charge is 2.31. The van der Waals surface area contributed by atoms with Gasteiger partial charge in [0.2, 0.25) is 10.0 Å². The van der Waals surface area contributed by atoms with Crippen LogP contribution in [0.2, 0.25) is 8.67 Å². The van der Waals surface area contributed by atoms with Gasteiger partial charge in [-0.2, -0.15) is 0 Å². The molecule has 0 aromatic carbocycles. The first-order valence-electron chi connectivity index (χ1n) is 4.98. The SMILES string of the molecule is O=S(=O)(NCC(Cl)C1CC1)c1cc(Cl)sc1Cl. The summed E-state index contributed by atoms with van der Waals surface area (Å²) >= 11 is 18.6. The maximum atomic E-state index is 11.9. The molecular formula is C9H10Cl3NO2S2. The zero-order chi connectivity index (χ0) is 12.6. The van der Waals surface area contributed by atoms with Crippen LogP contribution in [0.4, 0.5) is 0 Å². The Morgan fingerprint density at radius 2 is 2.12 bits per heavy atom. The summed E-state index contributed by atoms with van der Waals surface area (Å²) in [6.07, 6.45) is 2.14. The molecule has 0 aliphatic heterocycles. The third kappa shape index (κ3) is 3.49. The Kier molecular flexibility index (Phi) is 4.28. The number of alkyl halides is 1. The van der Waals surface area contributed by atoms with Crippen molar-refractivity contribution in [2.75, 3.05) is 6.54 Å². The molecule has 0 amide bonds. The number of hydrogen-bond acceptors (Lipinski definition) is 3. The average molecular weight is 335 g/mol. The summed E-state index contributed by atoms with van der Waals surface area (Å²) in [7, 11) is -3.61. The van der Waals surface area contributed by atoms with E-state index in [4.69, 9.17) is 34.8 Å². The molecular weight excluding hydrogens is 325 g/mol. The Bertz CT molecular complexity index is 510. The largest absolute Gasteiger partial charge is 0.243 e. The van der Waals surface area contributed by atoms with Crippen LogP contribution < -0.4 is 4.72 Å². The second-order valence-corrected chi connectivity index (χ2v) is 8.48. The van der Waals surface area contributed by atoms with E-state index in [0.717, 1.165) is 24.2 Å². The Morgan fingerprint density at radius 3 is 2.59 bits per heavy atom. The number of hydrogen-bond donors (Lipinski definition) is 1. The van der Waals surface area contributed by atoms with Gasteiger partial charge in [-0.15, -0.1) is 22.9 Å². The number of sulfonamides is 1. The molecule has 1 saturated carbocycles. The van der Waals surface area contributed by atoms with Crippen molar-refractivity contribution in [2.24, 2.45) is 5.92 Å². The maximum Gasteiger partial charge on any atom is 0.243 e. The first kappa shape index (κ1) is 13.9. The van der Waals surface area contributed by atoms with E-state index in [1.54, 1.807) is 0 Å². The van der Waals surface area contributed by atoms with E-state index in [9.17, 15) is 8.42 Å². The zero-order valence-corrected chi connectivity index (χ0v) is 12.5. The van der Waals surface area contributed by atoms with Crippen molar-refractivity contribution in [3.63, 3.8) is 0 Å². The number of rotatable bonds is 5. The summed E-state index contributed by atoms with van der Waals surface area (Å²) in [4.78, 5) is 0.0221. The van der Waals surface area contributed by atoms with Crippen molar-refractivity contribution < 1.29 is 8.42 Å². The Labute approximate surface area is 119 Å². The van der Waals surface area contributed by atoms with Gasteiger partial charge in [0, 0.05) is 11.9 Å². The van der Waals surface area contributed by atoms with Crippen LogP contribution in [0.1, 0.15) is 12.8 Å². The van der Waals surface area contributed by atoms with Gasteiger partial charge in [-0.3, -0.25) is 0 Å². The first-order chi connectivity index (χ1) is 7.90. The Morgan fingerprint density at radius 1 is 1.47 bits per heavy atom. The molecule has 1 aliphatic rings. The second kappa shape index (κ2) is 5.23. The molecule has 3 nitrogen and oxygen atoms in total. The van der Waals surface area contributed by atoms with Gasteiger partial charge >= 0.3 is 0 Å². The van der Waals surface area contributed by atoms with Crippen molar-refractivity contribution in [3.8, 4) is 0 Å². The zero-order valence-electron chi connectivity index (χ0n) is 8.62. The lowest BCUT2D eigenvalue weighted by Gasteiger charge is -2.09. The van der Waals surface area contributed by atoms with E-state index in [-0.39, 0.29) is 21.2 Å². The fourth-order valence-electron chi connectivity index (χ4n) is 1.40. The van der Waals surface area contributed by atoms with Gasteiger partial charge < -0.3 is 0 Å². The van der Waals surface area contributed by atoms with E-state index in [0.29, 0.717) is 10.3 Å². The summed E-state index contributed by atoms with van der Waals surface area (Å²) in [5.41, 5.74) is 0. The number of halogens is 3. The lowest BCUT2D eigenvalue weighted by atomic mass is 10.3. The van der Waals surface area contributed by atoms with Crippen LogP contribution >= 0.6 is 46.1 Å². The van der Waals surface area contributed by atoms with E-state index >= 15 is 0 Å². The minimum atomic E-state index is -3.61. The van der Waals surface area contributed by atoms with Gasteiger partial charge in [0.25, 0.3) is 0 Å². The van der Waals surface area contributed by atoms with Crippen LogP contribution in [0, 0.1) is 5.92 Å². The summed E-state index contributed by atoms with van der Waals surface area (Å²) < 4.78 is 26.8. The summed E-state index contributed by atoms with van der Waals surface area (Å²) in [6.45, 7) is 0.221. The lowest BCUT2D eigenvalue weighted by Crippen LogP contribution is -2.30. The summed E-state index contributed by atoms with van der Waals surface area (Å²) in [5, 5.41) is -0.155. The molecule has 0 saturated heterocycles. The topological polar surface area (TPSA) is 46.2 Å². The molecule has 0 spiro atoms. The highest BCUT2D eigenvalue weighted by Crippen LogP contribution is 2.36. The van der Waals surface area contributed by atoms with Crippen molar-refractivity contribution in [3.05, 3.63) is 14.7 Å². The van der Waals surface area contributed by atoms with Crippen LogP contribution in [-0.2, 0) is 10.0 Å². The molecule has 1 aliphatic carbocycles. The smallest absolute Gasteiger partial charge is 0.210 e. The fourth-order valence-corrected chi connectivity index (χ4v) is 5.03. The van der Waals surface area contributed by atoms with Gasteiger partial charge in [-0.25, -0.2) is 13.1 Å². The van der Waals surface area contributed by atoms with E-state index < -0.39 is 10.0 Å². The average Bonchev–Trinajstić information content (AvgIpc) is 3.01. The fraction of sp³-hybridized carbons (Fsp3) is 0.556. The van der Waals surface area contributed by atoms with Gasteiger partial charge in [0.05, 0.1) is 4.34 Å². The second-order valence-electron chi connectivity index (χ2n) is 3.89. The predicted octanol–water partition coefficient (Wildman–Crippen LogP) is 3.35. The number of nitrogens with one attached hydrogen (secondary N) is 1. The highest BCUT2D eigenvalue weighted by molar-refractivity contribution is 7.89. The van der Waals surface area contributed by atoms with Crippen molar-refractivity contribution >= 4 is 56.2 Å². The van der Waals surface area contributed by atoms with Gasteiger partial charge in [-0.1, -0.05) is 23.2 Å². The minimum absolute atomic E-state index is 0.0221. The molecule has 1 unspecified atom stereocenters. The van der Waals surface area contributed by atoms with Crippen molar-refractivity contribution in [1.29, 1.82) is 0 Å². The predicted molar refractivity (Wildman–Crippen MR) is 71.9 cm³/mol. The molecule has 8 heteroatoms. The molecule has 1 atom stereocenters. The molecule has 17 heavy (non-hydrogen) atoms. The molecule has 1 aromatic rings. The highest BCUT2D eigenvalue weighted by atomic mass is 35.5. The third-order valence-electron chi connectivity index (χ3n) is 2.52. The molecule has 0 radical (unpaired) electrons. The van der Waals surface area contributed by atoms with E-state index in [2.05, 4.69) is 4.72 Å². The van der Waals surface area contributed by atoms with Gasteiger partial charge in [0.1, 0.15) is 9.23 Å².